The van der Waals surface area contributed by atoms with E-state index in [0.717, 1.165) is 0 Å². The van der Waals surface area contributed by atoms with Gasteiger partial charge in [0.1, 0.15) is 0 Å². The van der Waals surface area contributed by atoms with Crippen molar-refractivity contribution in [2.75, 3.05) is 0 Å². The van der Waals surface area contributed by atoms with E-state index in [9.17, 15) is 0 Å². The van der Waals surface area contributed by atoms with Gasteiger partial charge in [0, 0.05) is 15.7 Å². The van der Waals surface area contributed by atoms with Crippen LogP contribution in [0.15, 0.2) is 36.4 Å². The Morgan fingerprint density at radius 3 is 2.81 bits per heavy atom. The minimum atomic E-state index is 0.648. The van der Waals surface area contributed by atoms with Crippen LogP contribution in [0.3, 0.4) is 0 Å². The molecule has 0 amide bonds. The maximum atomic E-state index is 2.40. The number of aryl methyl sites for hydroxylation is 2. The number of thiophene rings is 1. The van der Waals surface area contributed by atoms with E-state index in [0.29, 0.717) is 5.92 Å². The monoisotopic (exact) mass is 228 g/mol. The van der Waals surface area contributed by atoms with E-state index < -0.39 is 0 Å². The smallest absolute Gasteiger partial charge is 0.0101 e. The summed E-state index contributed by atoms with van der Waals surface area (Å²) in [6.45, 7) is 2.23. The molecule has 2 aromatic rings. The Balaban J connectivity index is 2.05. The van der Waals surface area contributed by atoms with Crippen molar-refractivity contribution in [3.63, 3.8) is 0 Å². The summed E-state index contributed by atoms with van der Waals surface area (Å²) in [5.74, 6) is 0.648. The lowest BCUT2D eigenvalue weighted by molar-refractivity contribution is 0.625. The minimum absolute atomic E-state index is 0.648. The molecular formula is C15H16S. The summed E-state index contributed by atoms with van der Waals surface area (Å²) in [5, 5.41) is 0. The Morgan fingerprint density at radius 2 is 2.00 bits per heavy atom. The van der Waals surface area contributed by atoms with E-state index in [1.165, 1.54) is 29.7 Å². The van der Waals surface area contributed by atoms with Gasteiger partial charge in [-0.15, -0.1) is 11.3 Å². The van der Waals surface area contributed by atoms with Crippen molar-refractivity contribution in [2.24, 2.45) is 0 Å². The van der Waals surface area contributed by atoms with Gasteiger partial charge < -0.3 is 0 Å². The summed E-state index contributed by atoms with van der Waals surface area (Å²) < 4.78 is 0. The summed E-state index contributed by atoms with van der Waals surface area (Å²) in [5.41, 5.74) is 3.08. The van der Waals surface area contributed by atoms with E-state index in [1.807, 2.05) is 11.3 Å². The fourth-order valence-corrected chi connectivity index (χ4v) is 3.87. The van der Waals surface area contributed by atoms with Crippen LogP contribution in [-0.2, 0) is 6.42 Å². The summed E-state index contributed by atoms with van der Waals surface area (Å²) in [7, 11) is 0. The fraction of sp³-hybridized carbons (Fsp3) is 0.333. The van der Waals surface area contributed by atoms with Crippen molar-refractivity contribution in [3.05, 3.63) is 57.3 Å². The summed E-state index contributed by atoms with van der Waals surface area (Å²) in [6.07, 6.45) is 3.94. The molecule has 0 N–H and O–H groups in total. The second kappa shape index (κ2) is 4.06. The zero-order chi connectivity index (χ0) is 11.0. The molecule has 0 nitrogen and oxygen atoms in total. The standard InChI is InChI=1S/C15H16S/c1-11-10-14-13(8-5-9-15(14)16-11)12-6-3-2-4-7-12/h2-4,6-7,10,13H,5,8-9H2,1H3. The maximum absolute atomic E-state index is 2.40. The Labute approximate surface area is 101 Å². The Morgan fingerprint density at radius 1 is 1.19 bits per heavy atom. The van der Waals surface area contributed by atoms with Crippen LogP contribution in [0.25, 0.3) is 0 Å². The van der Waals surface area contributed by atoms with E-state index in [4.69, 9.17) is 0 Å². The molecule has 0 aliphatic heterocycles. The van der Waals surface area contributed by atoms with Gasteiger partial charge in [-0.3, -0.25) is 0 Å². The first-order valence-corrected chi connectivity index (χ1v) is 6.80. The second-order valence-corrected chi connectivity index (χ2v) is 5.93. The van der Waals surface area contributed by atoms with Gasteiger partial charge in [-0.1, -0.05) is 30.3 Å². The van der Waals surface area contributed by atoms with Crippen LogP contribution in [0.1, 0.15) is 39.6 Å². The van der Waals surface area contributed by atoms with Crippen LogP contribution in [-0.4, -0.2) is 0 Å². The second-order valence-electron chi connectivity index (χ2n) is 4.59. The first-order valence-electron chi connectivity index (χ1n) is 5.99. The molecule has 16 heavy (non-hydrogen) atoms. The summed E-state index contributed by atoms with van der Waals surface area (Å²) in [4.78, 5) is 3.09. The molecule has 1 aliphatic carbocycles. The molecule has 0 saturated heterocycles. The molecule has 0 radical (unpaired) electrons. The highest BCUT2D eigenvalue weighted by Gasteiger charge is 2.23. The van der Waals surface area contributed by atoms with Crippen molar-refractivity contribution >= 4 is 11.3 Å². The molecule has 1 atom stereocenters. The van der Waals surface area contributed by atoms with Crippen molar-refractivity contribution in [1.82, 2.24) is 0 Å². The van der Waals surface area contributed by atoms with Crippen LogP contribution >= 0.6 is 11.3 Å². The third-order valence-corrected chi connectivity index (χ3v) is 4.56. The number of benzene rings is 1. The van der Waals surface area contributed by atoms with Gasteiger partial charge in [0.15, 0.2) is 0 Å². The largest absolute Gasteiger partial charge is 0.145 e. The predicted octanol–water partition coefficient (Wildman–Crippen LogP) is 4.52. The average molecular weight is 228 g/mol. The SMILES string of the molecule is Cc1cc2c(s1)CCCC2c1ccccc1. The molecule has 3 rings (SSSR count). The molecular weight excluding hydrogens is 212 g/mol. The predicted molar refractivity (Wildman–Crippen MR) is 70.3 cm³/mol. The molecule has 1 aromatic heterocycles. The molecule has 0 fully saturated rings. The van der Waals surface area contributed by atoms with Gasteiger partial charge in [-0.05, 0) is 43.4 Å². The van der Waals surface area contributed by atoms with Gasteiger partial charge in [0.05, 0.1) is 0 Å². The first-order chi connectivity index (χ1) is 7.84. The molecule has 0 saturated carbocycles. The van der Waals surface area contributed by atoms with Crippen LogP contribution in [0.2, 0.25) is 0 Å². The number of rotatable bonds is 1. The molecule has 1 heteroatoms. The average Bonchev–Trinajstić information content (AvgIpc) is 2.70. The van der Waals surface area contributed by atoms with E-state index in [2.05, 4.69) is 43.3 Å². The summed E-state index contributed by atoms with van der Waals surface area (Å²) in [6, 6.07) is 13.4. The van der Waals surface area contributed by atoms with Gasteiger partial charge in [-0.2, -0.15) is 0 Å². The molecule has 1 heterocycles. The maximum Gasteiger partial charge on any atom is 0.0101 e. The zero-order valence-electron chi connectivity index (χ0n) is 9.57. The third-order valence-electron chi connectivity index (χ3n) is 3.44. The first kappa shape index (κ1) is 10.1. The normalized spacial score (nSPS) is 19.4. The molecule has 0 bridgehead atoms. The zero-order valence-corrected chi connectivity index (χ0v) is 10.4. The molecule has 0 spiro atoms. The highest BCUT2D eigenvalue weighted by molar-refractivity contribution is 7.12. The van der Waals surface area contributed by atoms with Gasteiger partial charge in [0.2, 0.25) is 0 Å². The quantitative estimate of drug-likeness (QED) is 0.673. The molecule has 1 aromatic carbocycles. The Hall–Kier alpha value is -1.08. The fourth-order valence-electron chi connectivity index (χ4n) is 2.73. The minimum Gasteiger partial charge on any atom is -0.145 e. The third kappa shape index (κ3) is 1.69. The highest BCUT2D eigenvalue weighted by atomic mass is 32.1. The lowest BCUT2D eigenvalue weighted by atomic mass is 9.82. The van der Waals surface area contributed by atoms with Crippen LogP contribution in [0.4, 0.5) is 0 Å². The molecule has 1 unspecified atom stereocenters. The van der Waals surface area contributed by atoms with Crippen LogP contribution in [0.5, 0.6) is 0 Å². The summed E-state index contributed by atoms with van der Waals surface area (Å²) >= 11 is 1.99. The van der Waals surface area contributed by atoms with E-state index in [1.54, 1.807) is 10.4 Å². The number of hydrogen-bond donors (Lipinski definition) is 0. The van der Waals surface area contributed by atoms with Crippen molar-refractivity contribution < 1.29 is 0 Å². The van der Waals surface area contributed by atoms with Crippen LogP contribution < -0.4 is 0 Å². The molecule has 82 valence electrons. The lowest BCUT2D eigenvalue weighted by Crippen LogP contribution is -2.08. The van der Waals surface area contributed by atoms with Crippen molar-refractivity contribution in [1.29, 1.82) is 0 Å². The number of hydrogen-bond acceptors (Lipinski definition) is 1. The van der Waals surface area contributed by atoms with E-state index in [-0.39, 0.29) is 0 Å². The number of fused-ring (bicyclic) bond motifs is 1. The van der Waals surface area contributed by atoms with Gasteiger partial charge in [0.25, 0.3) is 0 Å². The highest BCUT2D eigenvalue weighted by Crippen LogP contribution is 2.40. The van der Waals surface area contributed by atoms with E-state index >= 15 is 0 Å². The molecule has 1 aliphatic rings. The Bertz CT molecular complexity index is 481. The van der Waals surface area contributed by atoms with Gasteiger partial charge >= 0.3 is 0 Å². The topological polar surface area (TPSA) is 0 Å². The Kier molecular flexibility index (Phi) is 2.56. The lowest BCUT2D eigenvalue weighted by Gasteiger charge is -2.22. The van der Waals surface area contributed by atoms with Gasteiger partial charge in [-0.25, -0.2) is 0 Å². The van der Waals surface area contributed by atoms with Crippen molar-refractivity contribution in [3.8, 4) is 0 Å². The van der Waals surface area contributed by atoms with Crippen molar-refractivity contribution in [2.45, 2.75) is 32.1 Å². The van der Waals surface area contributed by atoms with Crippen LogP contribution in [0, 0.1) is 6.92 Å².